The number of imide groups is 1. The largest absolute Gasteiger partial charge is 0.459 e. The summed E-state index contributed by atoms with van der Waals surface area (Å²) in [5.41, 5.74) is -4.02. The highest BCUT2D eigenvalue weighted by Crippen LogP contribution is 2.25. The summed E-state index contributed by atoms with van der Waals surface area (Å²) in [7, 11) is 0. The first-order valence-corrected chi connectivity index (χ1v) is 9.36. The van der Waals surface area contributed by atoms with E-state index in [4.69, 9.17) is 9.47 Å². The molecule has 0 N–H and O–H groups in total. The number of hydrogen-bond acceptors (Lipinski definition) is 6. The van der Waals surface area contributed by atoms with Gasteiger partial charge in [-0.2, -0.15) is 0 Å². The normalized spacial score (nSPS) is 19.7. The van der Waals surface area contributed by atoms with Gasteiger partial charge in [-0.05, 0) is 32.9 Å². The van der Waals surface area contributed by atoms with Crippen LogP contribution in [0, 0.1) is 0 Å². The number of nitrogens with zero attached hydrogens (tertiary/aromatic N) is 2. The second-order valence-electron chi connectivity index (χ2n) is 7.72. The van der Waals surface area contributed by atoms with E-state index in [1.165, 1.54) is 18.2 Å². The van der Waals surface area contributed by atoms with E-state index in [1.807, 2.05) is 0 Å². The Morgan fingerprint density at radius 3 is 2.40 bits per heavy atom. The maximum absolute atomic E-state index is 15.8. The lowest BCUT2D eigenvalue weighted by Gasteiger charge is -2.29. The standard InChI is InChI=1S/C21H25FN2O6/c1-5-13-29-18(27)21(22)14-23(19(28)30-20(2,3)4)11-12-24(17(21)26)16(25)15-9-7-6-8-10-15/h5-10H,1,11-14H2,2-4H3. The van der Waals surface area contributed by atoms with E-state index >= 15 is 4.39 Å². The Bertz CT molecular complexity index is 836. The third-order valence-electron chi connectivity index (χ3n) is 4.16. The van der Waals surface area contributed by atoms with Crippen LogP contribution < -0.4 is 0 Å². The van der Waals surface area contributed by atoms with E-state index in [1.54, 1.807) is 39.0 Å². The monoisotopic (exact) mass is 420 g/mol. The van der Waals surface area contributed by atoms with Crippen LogP contribution >= 0.6 is 0 Å². The van der Waals surface area contributed by atoms with E-state index in [-0.39, 0.29) is 25.3 Å². The molecule has 0 saturated carbocycles. The van der Waals surface area contributed by atoms with Crippen LogP contribution in [0.4, 0.5) is 9.18 Å². The third-order valence-corrected chi connectivity index (χ3v) is 4.16. The zero-order valence-electron chi connectivity index (χ0n) is 17.2. The highest BCUT2D eigenvalue weighted by Gasteiger charge is 2.55. The van der Waals surface area contributed by atoms with Gasteiger partial charge in [0.25, 0.3) is 11.8 Å². The van der Waals surface area contributed by atoms with Gasteiger partial charge >= 0.3 is 17.7 Å². The molecule has 0 aliphatic carbocycles. The lowest BCUT2D eigenvalue weighted by atomic mass is 10.0. The minimum atomic E-state index is -3.28. The number of alkyl halides is 1. The molecule has 1 atom stereocenters. The molecule has 8 nitrogen and oxygen atoms in total. The Labute approximate surface area is 174 Å². The van der Waals surface area contributed by atoms with Crippen molar-refractivity contribution in [3.8, 4) is 0 Å². The van der Waals surface area contributed by atoms with Crippen LogP contribution in [-0.2, 0) is 19.1 Å². The van der Waals surface area contributed by atoms with Crippen molar-refractivity contribution in [3.63, 3.8) is 0 Å². The lowest BCUT2D eigenvalue weighted by Crippen LogP contribution is -2.56. The Balaban J connectivity index is 2.40. The Kier molecular flexibility index (Phi) is 6.96. The molecule has 1 fully saturated rings. The minimum Gasteiger partial charge on any atom is -0.459 e. The first-order chi connectivity index (χ1) is 14.0. The van der Waals surface area contributed by atoms with Crippen molar-refractivity contribution in [2.45, 2.75) is 32.0 Å². The number of ether oxygens (including phenoxy) is 2. The van der Waals surface area contributed by atoms with Gasteiger partial charge in [-0.25, -0.2) is 14.0 Å². The number of halogens is 1. The molecule has 30 heavy (non-hydrogen) atoms. The van der Waals surface area contributed by atoms with E-state index in [0.717, 1.165) is 4.90 Å². The molecule has 2 rings (SSSR count). The summed E-state index contributed by atoms with van der Waals surface area (Å²) in [5.74, 6) is -3.68. The van der Waals surface area contributed by atoms with Gasteiger partial charge < -0.3 is 14.4 Å². The van der Waals surface area contributed by atoms with Crippen LogP contribution in [0.2, 0.25) is 0 Å². The summed E-state index contributed by atoms with van der Waals surface area (Å²) in [4.78, 5) is 52.2. The zero-order valence-corrected chi connectivity index (χ0v) is 17.2. The van der Waals surface area contributed by atoms with Crippen LogP contribution in [-0.4, -0.2) is 71.2 Å². The van der Waals surface area contributed by atoms with E-state index in [2.05, 4.69) is 6.58 Å². The van der Waals surface area contributed by atoms with Crippen LogP contribution in [0.15, 0.2) is 43.0 Å². The van der Waals surface area contributed by atoms with Gasteiger partial charge in [-0.15, -0.1) is 0 Å². The SMILES string of the molecule is C=CCOC(=O)C1(F)CN(C(=O)OC(C)(C)C)CCN(C(=O)c2ccccc2)C1=O. The van der Waals surface area contributed by atoms with E-state index < -0.39 is 41.7 Å². The van der Waals surface area contributed by atoms with E-state index in [9.17, 15) is 19.2 Å². The Morgan fingerprint density at radius 1 is 1.20 bits per heavy atom. The average molecular weight is 420 g/mol. The molecule has 1 saturated heterocycles. The minimum absolute atomic E-state index is 0.137. The fraction of sp³-hybridized carbons (Fsp3) is 0.429. The van der Waals surface area contributed by atoms with Crippen molar-refractivity contribution in [1.29, 1.82) is 0 Å². The summed E-state index contributed by atoms with van der Waals surface area (Å²) >= 11 is 0. The molecule has 1 aliphatic rings. The Hall–Kier alpha value is -3.23. The predicted molar refractivity (Wildman–Crippen MR) is 105 cm³/mol. The van der Waals surface area contributed by atoms with Crippen molar-refractivity contribution >= 4 is 23.9 Å². The smallest absolute Gasteiger partial charge is 0.410 e. The second-order valence-corrected chi connectivity index (χ2v) is 7.72. The lowest BCUT2D eigenvalue weighted by molar-refractivity contribution is -0.165. The molecule has 162 valence electrons. The van der Waals surface area contributed by atoms with Crippen molar-refractivity contribution in [2.75, 3.05) is 26.2 Å². The van der Waals surface area contributed by atoms with Gasteiger partial charge in [0.1, 0.15) is 12.2 Å². The molecule has 1 aromatic rings. The molecule has 1 aliphatic heterocycles. The van der Waals surface area contributed by atoms with Gasteiger partial charge in [-0.3, -0.25) is 14.5 Å². The number of carbonyl (C=O) groups excluding carboxylic acids is 4. The third kappa shape index (κ3) is 5.22. The molecule has 0 bridgehead atoms. The highest BCUT2D eigenvalue weighted by molar-refractivity contribution is 6.15. The second kappa shape index (κ2) is 9.06. The summed E-state index contributed by atoms with van der Waals surface area (Å²) in [6.07, 6.45) is 0.295. The fourth-order valence-electron chi connectivity index (χ4n) is 2.76. The van der Waals surface area contributed by atoms with Gasteiger partial charge in [-0.1, -0.05) is 30.9 Å². The summed E-state index contributed by atoms with van der Waals surface area (Å²) in [5, 5.41) is 0. The van der Waals surface area contributed by atoms with Crippen LogP contribution in [0.1, 0.15) is 31.1 Å². The van der Waals surface area contributed by atoms with Gasteiger partial charge in [0, 0.05) is 18.7 Å². The molecular weight excluding hydrogens is 395 g/mol. The van der Waals surface area contributed by atoms with Crippen LogP contribution in [0.25, 0.3) is 0 Å². The summed E-state index contributed by atoms with van der Waals surface area (Å²) in [6, 6.07) is 7.77. The Morgan fingerprint density at radius 2 is 1.83 bits per heavy atom. The highest BCUT2D eigenvalue weighted by atomic mass is 19.1. The molecule has 1 aromatic carbocycles. The number of hydrogen-bond donors (Lipinski definition) is 0. The maximum Gasteiger partial charge on any atom is 0.410 e. The van der Waals surface area contributed by atoms with Crippen LogP contribution in [0.5, 0.6) is 0 Å². The first kappa shape index (κ1) is 23.1. The molecule has 3 amide bonds. The molecule has 9 heteroatoms. The quantitative estimate of drug-likeness (QED) is 0.321. The zero-order chi connectivity index (χ0) is 22.5. The molecule has 0 radical (unpaired) electrons. The number of esters is 1. The van der Waals surface area contributed by atoms with Gasteiger partial charge in [0.15, 0.2) is 0 Å². The van der Waals surface area contributed by atoms with Crippen molar-refractivity contribution in [3.05, 3.63) is 48.6 Å². The number of amides is 3. The molecule has 1 heterocycles. The topological polar surface area (TPSA) is 93.2 Å². The average Bonchev–Trinajstić information content (AvgIpc) is 2.82. The van der Waals surface area contributed by atoms with Gasteiger partial charge in [0.2, 0.25) is 0 Å². The summed E-state index contributed by atoms with van der Waals surface area (Å²) < 4.78 is 25.8. The van der Waals surface area contributed by atoms with Crippen molar-refractivity contribution in [1.82, 2.24) is 9.80 Å². The summed E-state index contributed by atoms with van der Waals surface area (Å²) in [6.45, 7) is 6.45. The molecule has 0 spiro atoms. The molecule has 0 aromatic heterocycles. The molecule has 1 unspecified atom stereocenters. The number of benzene rings is 1. The first-order valence-electron chi connectivity index (χ1n) is 9.36. The number of carbonyl (C=O) groups is 4. The number of rotatable bonds is 4. The predicted octanol–water partition coefficient (Wildman–Crippen LogP) is 2.34. The van der Waals surface area contributed by atoms with Crippen molar-refractivity contribution in [2.24, 2.45) is 0 Å². The fourth-order valence-corrected chi connectivity index (χ4v) is 2.76. The van der Waals surface area contributed by atoms with Crippen molar-refractivity contribution < 1.29 is 33.0 Å². The maximum atomic E-state index is 15.8. The van der Waals surface area contributed by atoms with Gasteiger partial charge in [0.05, 0.1) is 6.54 Å². The van der Waals surface area contributed by atoms with Crippen LogP contribution in [0.3, 0.4) is 0 Å². The van der Waals surface area contributed by atoms with E-state index in [0.29, 0.717) is 4.90 Å². The molecular formula is C21H25FN2O6.